The minimum atomic E-state index is -0.796. The quantitative estimate of drug-likeness (QED) is 0.378. The molecule has 1 N–H and O–H groups in total. The first-order valence-corrected chi connectivity index (χ1v) is 9.63. The number of halogens is 1. The molecule has 1 amide bonds. The fourth-order valence-electron chi connectivity index (χ4n) is 3.05. The molecule has 0 aliphatic carbocycles. The summed E-state index contributed by atoms with van der Waals surface area (Å²) in [6.07, 6.45) is 0. The van der Waals surface area contributed by atoms with E-state index in [-0.39, 0.29) is 11.3 Å². The van der Waals surface area contributed by atoms with E-state index in [2.05, 4.69) is 26.1 Å². The highest BCUT2D eigenvalue weighted by Crippen LogP contribution is 2.42. The second-order valence-corrected chi connectivity index (χ2v) is 7.54. The van der Waals surface area contributed by atoms with Crippen molar-refractivity contribution >= 4 is 49.8 Å². The molecule has 0 spiro atoms. The third-order valence-electron chi connectivity index (χ3n) is 4.21. The van der Waals surface area contributed by atoms with Crippen LogP contribution in [0, 0.1) is 0 Å². The van der Waals surface area contributed by atoms with E-state index >= 15 is 0 Å². The highest BCUT2D eigenvalue weighted by Gasteiger charge is 2.48. The number of benzene rings is 2. The van der Waals surface area contributed by atoms with Crippen LogP contribution in [0.2, 0.25) is 0 Å². The van der Waals surface area contributed by atoms with Crippen LogP contribution in [-0.2, 0) is 9.59 Å². The Kier molecular flexibility index (Phi) is 4.59. The van der Waals surface area contributed by atoms with Gasteiger partial charge in [0, 0.05) is 10.0 Å². The molecule has 2 heterocycles. The van der Waals surface area contributed by atoms with Gasteiger partial charge in [0.2, 0.25) is 5.13 Å². The van der Waals surface area contributed by atoms with Gasteiger partial charge in [0.1, 0.15) is 11.3 Å². The molecule has 1 fully saturated rings. The van der Waals surface area contributed by atoms with Gasteiger partial charge in [-0.25, -0.2) is 0 Å². The third kappa shape index (κ3) is 3.07. The molecule has 1 aliphatic rings. The summed E-state index contributed by atoms with van der Waals surface area (Å²) in [5.41, 5.74) is 2.66. The van der Waals surface area contributed by atoms with Crippen molar-refractivity contribution in [2.75, 3.05) is 4.90 Å². The maximum atomic E-state index is 12.8. The molecule has 3 aromatic rings. The van der Waals surface area contributed by atoms with Gasteiger partial charge in [-0.1, -0.05) is 69.7 Å². The molecule has 6 nitrogen and oxygen atoms in total. The monoisotopic (exact) mass is 441 g/mol. The summed E-state index contributed by atoms with van der Waals surface area (Å²) in [7, 11) is 0. The smallest absolute Gasteiger partial charge is 0.301 e. The van der Waals surface area contributed by atoms with E-state index in [9.17, 15) is 14.7 Å². The molecule has 1 unspecified atom stereocenters. The zero-order chi connectivity index (χ0) is 19.0. The summed E-state index contributed by atoms with van der Waals surface area (Å²) in [6, 6.07) is 15.2. The van der Waals surface area contributed by atoms with Gasteiger partial charge in [-0.15, -0.1) is 10.2 Å². The van der Waals surface area contributed by atoms with Gasteiger partial charge in [0.05, 0.1) is 11.6 Å². The molecule has 1 aromatic heterocycles. The summed E-state index contributed by atoms with van der Waals surface area (Å²) in [5.74, 6) is -1.71. The lowest BCUT2D eigenvalue weighted by molar-refractivity contribution is -0.132. The van der Waals surface area contributed by atoms with Crippen molar-refractivity contribution in [3.63, 3.8) is 0 Å². The number of aromatic nitrogens is 2. The molecule has 4 rings (SSSR count). The summed E-state index contributed by atoms with van der Waals surface area (Å²) in [4.78, 5) is 26.9. The average molecular weight is 442 g/mol. The first-order chi connectivity index (χ1) is 13.1. The van der Waals surface area contributed by atoms with E-state index < -0.39 is 17.7 Å². The molecule has 1 atom stereocenters. The van der Waals surface area contributed by atoms with Crippen LogP contribution in [-0.4, -0.2) is 27.0 Å². The van der Waals surface area contributed by atoms with Crippen molar-refractivity contribution in [3.05, 3.63) is 81.3 Å². The minimum Gasteiger partial charge on any atom is -0.507 e. The lowest BCUT2D eigenvalue weighted by Gasteiger charge is -2.22. The Balaban J connectivity index is 1.96. The maximum Gasteiger partial charge on any atom is 0.301 e. The van der Waals surface area contributed by atoms with Crippen molar-refractivity contribution in [2.45, 2.75) is 6.04 Å². The van der Waals surface area contributed by atoms with Gasteiger partial charge in [-0.2, -0.15) is 0 Å². The normalized spacial score (nSPS) is 18.9. The summed E-state index contributed by atoms with van der Waals surface area (Å²) in [5, 5.41) is 18.9. The first-order valence-electron chi connectivity index (χ1n) is 7.96. The van der Waals surface area contributed by atoms with Gasteiger partial charge < -0.3 is 5.11 Å². The molecule has 0 radical (unpaired) electrons. The molecular weight excluding hydrogens is 430 g/mol. The van der Waals surface area contributed by atoms with Crippen LogP contribution in [0.25, 0.3) is 5.76 Å². The third-order valence-corrected chi connectivity index (χ3v) is 5.39. The van der Waals surface area contributed by atoms with Crippen molar-refractivity contribution in [1.29, 1.82) is 0 Å². The fraction of sp³-hybridized carbons (Fsp3) is 0.0526. The second kappa shape index (κ2) is 7.05. The van der Waals surface area contributed by atoms with E-state index in [1.807, 2.05) is 24.3 Å². The van der Waals surface area contributed by atoms with Crippen molar-refractivity contribution < 1.29 is 14.7 Å². The molecule has 1 aliphatic heterocycles. The maximum absolute atomic E-state index is 12.8. The topological polar surface area (TPSA) is 83.4 Å². The van der Waals surface area contributed by atoms with E-state index in [4.69, 9.17) is 0 Å². The van der Waals surface area contributed by atoms with Crippen LogP contribution < -0.4 is 4.90 Å². The van der Waals surface area contributed by atoms with Crippen LogP contribution in [0.5, 0.6) is 0 Å². The van der Waals surface area contributed by atoms with Gasteiger partial charge in [-0.3, -0.25) is 14.5 Å². The molecular formula is C19H12BrN3O3S. The van der Waals surface area contributed by atoms with Crippen molar-refractivity contribution in [2.24, 2.45) is 0 Å². The van der Waals surface area contributed by atoms with E-state index in [1.54, 1.807) is 30.3 Å². The largest absolute Gasteiger partial charge is 0.507 e. The Morgan fingerprint density at radius 1 is 1.11 bits per heavy atom. The Morgan fingerprint density at radius 3 is 2.56 bits per heavy atom. The number of Topliss-reactive ketones (excluding diaryl/α,β-unsaturated/α-hetero) is 1. The van der Waals surface area contributed by atoms with Gasteiger partial charge >= 0.3 is 5.91 Å². The molecule has 8 heteroatoms. The number of ketones is 1. The summed E-state index contributed by atoms with van der Waals surface area (Å²) >= 11 is 4.57. The average Bonchev–Trinajstić information content (AvgIpc) is 3.29. The SMILES string of the molecule is O=C1C(=O)N(c2nncs2)C(c2cccc(Br)c2)/C1=C(/O)c1ccccc1. The van der Waals surface area contributed by atoms with Crippen molar-refractivity contribution in [3.8, 4) is 0 Å². The van der Waals surface area contributed by atoms with Crippen LogP contribution in [0.4, 0.5) is 5.13 Å². The zero-order valence-corrected chi connectivity index (χ0v) is 16.1. The number of nitrogens with zero attached hydrogens (tertiary/aromatic N) is 3. The summed E-state index contributed by atoms with van der Waals surface area (Å²) < 4.78 is 0.794. The van der Waals surface area contributed by atoms with Crippen LogP contribution in [0.3, 0.4) is 0 Å². The Hall–Kier alpha value is -2.84. The van der Waals surface area contributed by atoms with Crippen LogP contribution in [0.1, 0.15) is 17.2 Å². The first kappa shape index (κ1) is 17.6. The number of hydrogen-bond acceptors (Lipinski definition) is 6. The number of carbonyl (C=O) groups excluding carboxylic acids is 2. The molecule has 1 saturated heterocycles. The number of aliphatic hydroxyl groups is 1. The Labute approximate surface area is 166 Å². The number of aliphatic hydroxyl groups excluding tert-OH is 1. The van der Waals surface area contributed by atoms with Gasteiger partial charge in [0.25, 0.3) is 5.78 Å². The summed E-state index contributed by atoms with van der Waals surface area (Å²) in [6.45, 7) is 0. The van der Waals surface area contributed by atoms with Gasteiger partial charge in [-0.05, 0) is 17.7 Å². The number of rotatable bonds is 3. The Morgan fingerprint density at radius 2 is 1.89 bits per heavy atom. The molecule has 134 valence electrons. The predicted octanol–water partition coefficient (Wildman–Crippen LogP) is 3.93. The zero-order valence-electron chi connectivity index (χ0n) is 13.7. The highest BCUT2D eigenvalue weighted by atomic mass is 79.9. The van der Waals surface area contributed by atoms with E-state index in [1.165, 1.54) is 10.4 Å². The Bertz CT molecular complexity index is 1050. The number of carbonyl (C=O) groups is 2. The number of hydrogen-bond donors (Lipinski definition) is 1. The van der Waals surface area contributed by atoms with Crippen LogP contribution >= 0.6 is 27.3 Å². The standard InChI is InChI=1S/C19H12BrN3O3S/c20-13-8-4-7-12(9-13)15-14(16(24)11-5-2-1-3-6-11)17(25)18(26)23(15)19-22-21-10-27-19/h1-10,15,24H/b16-14-. The van der Waals surface area contributed by atoms with E-state index in [0.29, 0.717) is 16.3 Å². The lowest BCUT2D eigenvalue weighted by Crippen LogP contribution is -2.29. The highest BCUT2D eigenvalue weighted by molar-refractivity contribution is 9.10. The number of amides is 1. The molecule has 27 heavy (non-hydrogen) atoms. The molecule has 0 bridgehead atoms. The molecule has 0 saturated carbocycles. The number of anilines is 1. The van der Waals surface area contributed by atoms with Gasteiger partial charge in [0.15, 0.2) is 0 Å². The lowest BCUT2D eigenvalue weighted by atomic mass is 9.95. The van der Waals surface area contributed by atoms with Crippen LogP contribution in [0.15, 0.2) is 70.2 Å². The van der Waals surface area contributed by atoms with Crippen molar-refractivity contribution in [1.82, 2.24) is 10.2 Å². The second-order valence-electron chi connectivity index (χ2n) is 5.81. The predicted molar refractivity (Wildman–Crippen MR) is 105 cm³/mol. The fourth-order valence-corrected chi connectivity index (χ4v) is 4.05. The minimum absolute atomic E-state index is 0.0273. The van der Waals surface area contributed by atoms with E-state index in [0.717, 1.165) is 15.8 Å². The molecule has 2 aromatic carbocycles.